The Balaban J connectivity index is 1.77. The minimum Gasteiger partial charge on any atom is -0.269 e. The van der Waals surface area contributed by atoms with Crippen LogP contribution in [0.1, 0.15) is 43.8 Å². The van der Waals surface area contributed by atoms with Crippen LogP contribution in [0.2, 0.25) is 0 Å². The van der Waals surface area contributed by atoms with Gasteiger partial charge < -0.3 is 0 Å². The van der Waals surface area contributed by atoms with Crippen molar-refractivity contribution < 1.29 is 0 Å². The number of hydrogen-bond acceptors (Lipinski definition) is 2. The van der Waals surface area contributed by atoms with Crippen molar-refractivity contribution in [3.05, 3.63) is 18.0 Å². The average Bonchev–Trinajstić information content (AvgIpc) is 2.94. The van der Waals surface area contributed by atoms with Crippen LogP contribution in [0.25, 0.3) is 0 Å². The molecule has 90 valence electrons. The fraction of sp³-hybridized carbons (Fsp3) is 0.750. The maximum absolute atomic E-state index is 5.64. The van der Waals surface area contributed by atoms with Crippen molar-refractivity contribution in [1.82, 2.24) is 9.78 Å². The monoisotopic (exact) mass is 258 g/mol. The van der Waals surface area contributed by atoms with Gasteiger partial charge in [-0.3, -0.25) is 4.68 Å². The van der Waals surface area contributed by atoms with Gasteiger partial charge in [0, 0.05) is 17.8 Å². The number of nitrogens with zero attached hydrogens (tertiary/aromatic N) is 2. The van der Waals surface area contributed by atoms with E-state index >= 15 is 0 Å². The Labute approximate surface area is 107 Å². The van der Waals surface area contributed by atoms with Crippen LogP contribution >= 0.6 is 23.4 Å². The minimum atomic E-state index is 0.668. The van der Waals surface area contributed by atoms with Crippen LogP contribution in [0.5, 0.6) is 0 Å². The van der Waals surface area contributed by atoms with E-state index in [0.29, 0.717) is 6.04 Å². The van der Waals surface area contributed by atoms with Gasteiger partial charge in [-0.05, 0) is 31.1 Å². The molecule has 1 aliphatic carbocycles. The predicted octanol–water partition coefficient (Wildman–Crippen LogP) is 3.86. The fourth-order valence-electron chi connectivity index (χ4n) is 2.16. The highest BCUT2D eigenvalue weighted by Crippen LogP contribution is 2.28. The number of hydrogen-bond donors (Lipinski definition) is 0. The molecule has 0 N–H and O–H groups in total. The first kappa shape index (κ1) is 12.3. The van der Waals surface area contributed by atoms with Gasteiger partial charge in [0.05, 0.1) is 11.7 Å². The molecule has 1 aliphatic rings. The van der Waals surface area contributed by atoms with Crippen LogP contribution in [-0.4, -0.2) is 21.4 Å². The van der Waals surface area contributed by atoms with Crippen LogP contribution in [0.3, 0.4) is 0 Å². The summed E-state index contributed by atoms with van der Waals surface area (Å²) in [5, 5.41) is 4.65. The molecular formula is C12H19ClN2S. The lowest BCUT2D eigenvalue weighted by Gasteiger charge is -2.08. The van der Waals surface area contributed by atoms with Crippen molar-refractivity contribution in [1.29, 1.82) is 0 Å². The number of alkyl halides is 1. The zero-order valence-electron chi connectivity index (χ0n) is 9.57. The standard InChI is InChI=1S/C12H19ClN2S/c13-7-3-9-16-10-11-6-8-15(14-11)12-4-1-2-5-12/h6,8,12H,1-5,7,9-10H2. The molecule has 1 aromatic rings. The van der Waals surface area contributed by atoms with Crippen LogP contribution < -0.4 is 0 Å². The summed E-state index contributed by atoms with van der Waals surface area (Å²) in [5.41, 5.74) is 1.21. The van der Waals surface area contributed by atoms with Crippen LogP contribution in [0, 0.1) is 0 Å². The van der Waals surface area contributed by atoms with E-state index < -0.39 is 0 Å². The minimum absolute atomic E-state index is 0.668. The molecule has 16 heavy (non-hydrogen) atoms. The molecule has 1 saturated carbocycles. The lowest BCUT2D eigenvalue weighted by molar-refractivity contribution is 0.464. The molecule has 0 atom stereocenters. The Bertz CT molecular complexity index is 308. The second-order valence-electron chi connectivity index (χ2n) is 4.32. The number of rotatable bonds is 6. The Morgan fingerprint density at radius 2 is 2.25 bits per heavy atom. The summed E-state index contributed by atoms with van der Waals surface area (Å²) >= 11 is 7.57. The third-order valence-corrected chi connectivity index (χ3v) is 4.38. The third kappa shape index (κ3) is 3.42. The van der Waals surface area contributed by atoms with Crippen LogP contribution in [0.4, 0.5) is 0 Å². The normalized spacial score (nSPS) is 17.1. The molecule has 2 nitrogen and oxygen atoms in total. The van der Waals surface area contributed by atoms with E-state index in [4.69, 9.17) is 11.6 Å². The molecule has 4 heteroatoms. The first-order chi connectivity index (χ1) is 7.90. The maximum Gasteiger partial charge on any atom is 0.0723 e. The molecule has 1 fully saturated rings. The van der Waals surface area contributed by atoms with Gasteiger partial charge in [0.2, 0.25) is 0 Å². The lowest BCUT2D eigenvalue weighted by atomic mass is 10.3. The summed E-state index contributed by atoms with van der Waals surface area (Å²) in [7, 11) is 0. The number of aromatic nitrogens is 2. The summed E-state index contributed by atoms with van der Waals surface area (Å²) in [6.07, 6.45) is 8.58. The highest BCUT2D eigenvalue weighted by molar-refractivity contribution is 7.98. The van der Waals surface area contributed by atoms with Gasteiger partial charge in [0.25, 0.3) is 0 Å². The second kappa shape index (κ2) is 6.55. The summed E-state index contributed by atoms with van der Waals surface area (Å²) in [6.45, 7) is 0. The smallest absolute Gasteiger partial charge is 0.0723 e. The molecule has 0 radical (unpaired) electrons. The first-order valence-corrected chi connectivity index (χ1v) is 7.77. The van der Waals surface area contributed by atoms with Crippen molar-refractivity contribution in [3.8, 4) is 0 Å². The quantitative estimate of drug-likeness (QED) is 0.570. The number of halogens is 1. The summed E-state index contributed by atoms with van der Waals surface area (Å²) in [4.78, 5) is 0. The zero-order valence-corrected chi connectivity index (χ0v) is 11.1. The summed E-state index contributed by atoms with van der Waals surface area (Å²) in [5.74, 6) is 2.93. The molecular weight excluding hydrogens is 240 g/mol. The van der Waals surface area contributed by atoms with Gasteiger partial charge in [0.15, 0.2) is 0 Å². The Morgan fingerprint density at radius 3 is 3.00 bits per heavy atom. The molecule has 0 aromatic carbocycles. The highest BCUT2D eigenvalue weighted by atomic mass is 35.5. The molecule has 0 bridgehead atoms. The van der Waals surface area contributed by atoms with Gasteiger partial charge >= 0.3 is 0 Å². The molecule has 0 spiro atoms. The molecule has 0 amide bonds. The second-order valence-corrected chi connectivity index (χ2v) is 5.80. The van der Waals surface area contributed by atoms with Crippen molar-refractivity contribution >= 4 is 23.4 Å². The van der Waals surface area contributed by atoms with E-state index in [2.05, 4.69) is 22.0 Å². The van der Waals surface area contributed by atoms with Gasteiger partial charge in [-0.2, -0.15) is 16.9 Å². The SMILES string of the molecule is ClCCCSCc1ccn(C2CCCC2)n1. The van der Waals surface area contributed by atoms with E-state index in [1.54, 1.807) is 0 Å². The predicted molar refractivity (Wildman–Crippen MR) is 71.2 cm³/mol. The van der Waals surface area contributed by atoms with Crippen LogP contribution in [-0.2, 0) is 5.75 Å². The Hall–Kier alpha value is -0.150. The van der Waals surface area contributed by atoms with Gasteiger partial charge in [-0.25, -0.2) is 0 Å². The van der Waals surface area contributed by atoms with E-state index in [9.17, 15) is 0 Å². The average molecular weight is 259 g/mol. The third-order valence-electron chi connectivity index (χ3n) is 3.03. The maximum atomic E-state index is 5.64. The molecule has 1 aromatic heterocycles. The largest absolute Gasteiger partial charge is 0.269 e. The van der Waals surface area contributed by atoms with Crippen molar-refractivity contribution in [2.45, 2.75) is 43.9 Å². The zero-order chi connectivity index (χ0) is 11.2. The highest BCUT2D eigenvalue weighted by Gasteiger charge is 2.17. The van der Waals surface area contributed by atoms with Crippen LogP contribution in [0.15, 0.2) is 12.3 Å². The van der Waals surface area contributed by atoms with Crippen molar-refractivity contribution in [2.75, 3.05) is 11.6 Å². The topological polar surface area (TPSA) is 17.8 Å². The molecule has 0 saturated heterocycles. The number of thioether (sulfide) groups is 1. The molecule has 2 rings (SSSR count). The van der Waals surface area contributed by atoms with Gasteiger partial charge in [0.1, 0.15) is 0 Å². The van der Waals surface area contributed by atoms with E-state index in [-0.39, 0.29) is 0 Å². The van der Waals surface area contributed by atoms with Gasteiger partial charge in [-0.15, -0.1) is 11.6 Å². The van der Waals surface area contributed by atoms with Crippen molar-refractivity contribution in [3.63, 3.8) is 0 Å². The van der Waals surface area contributed by atoms with Gasteiger partial charge in [-0.1, -0.05) is 12.8 Å². The van der Waals surface area contributed by atoms with E-state index in [1.165, 1.54) is 31.4 Å². The molecule has 1 heterocycles. The summed E-state index contributed by atoms with van der Waals surface area (Å²) in [6, 6.07) is 2.83. The Kier molecular flexibility index (Phi) is 5.04. The lowest BCUT2D eigenvalue weighted by Crippen LogP contribution is -2.05. The molecule has 0 unspecified atom stereocenters. The van der Waals surface area contributed by atoms with E-state index in [1.807, 2.05) is 11.8 Å². The van der Waals surface area contributed by atoms with E-state index in [0.717, 1.165) is 23.8 Å². The fourth-order valence-corrected chi connectivity index (χ4v) is 3.31. The first-order valence-electron chi connectivity index (χ1n) is 6.08. The Morgan fingerprint density at radius 1 is 1.44 bits per heavy atom. The molecule has 0 aliphatic heterocycles. The summed E-state index contributed by atoms with van der Waals surface area (Å²) < 4.78 is 2.17. The van der Waals surface area contributed by atoms with Crippen molar-refractivity contribution in [2.24, 2.45) is 0 Å².